The number of fused-ring (bicyclic) bond motifs is 1. The van der Waals surface area contributed by atoms with Gasteiger partial charge in [0.05, 0.1) is 30.7 Å². The van der Waals surface area contributed by atoms with Gasteiger partial charge in [-0.2, -0.15) is 5.10 Å². The first-order valence-corrected chi connectivity index (χ1v) is 9.07. The molecule has 26 heavy (non-hydrogen) atoms. The molecule has 1 aromatic heterocycles. The third-order valence-corrected chi connectivity index (χ3v) is 4.72. The average molecular weight is 356 g/mol. The molecule has 0 aliphatic heterocycles. The highest BCUT2D eigenvalue weighted by Gasteiger charge is 2.36. The fraction of sp³-hybridized carbons (Fsp3) is 0.500. The Morgan fingerprint density at radius 2 is 2.00 bits per heavy atom. The van der Waals surface area contributed by atoms with Crippen molar-refractivity contribution in [2.75, 3.05) is 7.11 Å². The molecule has 1 heterocycles. The van der Waals surface area contributed by atoms with Gasteiger partial charge < -0.3 is 15.4 Å². The summed E-state index contributed by atoms with van der Waals surface area (Å²) in [5, 5.41) is 10.6. The number of benzene rings is 1. The minimum Gasteiger partial charge on any atom is -0.497 e. The van der Waals surface area contributed by atoms with Crippen LogP contribution in [-0.2, 0) is 6.42 Å². The van der Waals surface area contributed by atoms with Gasteiger partial charge in [-0.3, -0.25) is 0 Å². The van der Waals surface area contributed by atoms with Crippen LogP contribution in [0.3, 0.4) is 0 Å². The molecule has 1 aliphatic carbocycles. The van der Waals surface area contributed by atoms with Crippen LogP contribution in [0.25, 0.3) is 5.69 Å². The number of carbonyl (C=O) groups excluding carboxylic acids is 1. The van der Waals surface area contributed by atoms with E-state index in [0.29, 0.717) is 0 Å². The van der Waals surface area contributed by atoms with Crippen molar-refractivity contribution >= 4 is 6.03 Å². The average Bonchev–Trinajstić information content (AvgIpc) is 2.96. The van der Waals surface area contributed by atoms with Gasteiger partial charge >= 0.3 is 6.03 Å². The molecule has 1 aliphatic rings. The van der Waals surface area contributed by atoms with Crippen molar-refractivity contribution in [2.24, 2.45) is 5.41 Å². The zero-order valence-electron chi connectivity index (χ0n) is 16.2. The molecule has 6 heteroatoms. The van der Waals surface area contributed by atoms with Gasteiger partial charge in [0.25, 0.3) is 0 Å². The second-order valence-electron chi connectivity index (χ2n) is 8.03. The Kier molecular flexibility index (Phi) is 4.94. The normalized spacial score (nSPS) is 18.3. The summed E-state index contributed by atoms with van der Waals surface area (Å²) in [5.41, 5.74) is 3.32. The number of hydrogen-bond donors (Lipinski definition) is 2. The highest BCUT2D eigenvalue weighted by atomic mass is 16.5. The number of rotatable bonds is 4. The fourth-order valence-corrected chi connectivity index (χ4v) is 3.58. The summed E-state index contributed by atoms with van der Waals surface area (Å²) in [6.45, 7) is 8.38. The summed E-state index contributed by atoms with van der Waals surface area (Å²) in [4.78, 5) is 12.2. The number of aromatic nitrogens is 2. The lowest BCUT2D eigenvalue weighted by molar-refractivity contribution is 0.219. The van der Waals surface area contributed by atoms with Gasteiger partial charge in [0.2, 0.25) is 0 Å². The topological polar surface area (TPSA) is 68.2 Å². The fourth-order valence-electron chi connectivity index (χ4n) is 3.58. The quantitative estimate of drug-likeness (QED) is 0.879. The molecule has 1 atom stereocenters. The Morgan fingerprint density at radius 1 is 1.31 bits per heavy atom. The molecule has 0 bridgehead atoms. The molecule has 6 nitrogen and oxygen atoms in total. The largest absolute Gasteiger partial charge is 0.497 e. The number of ether oxygens (including phenoxy) is 1. The van der Waals surface area contributed by atoms with E-state index in [1.54, 1.807) is 7.11 Å². The number of nitrogens with zero attached hydrogens (tertiary/aromatic N) is 2. The first-order valence-electron chi connectivity index (χ1n) is 9.07. The maximum atomic E-state index is 12.2. The number of methoxy groups -OCH3 is 1. The molecule has 0 saturated heterocycles. The lowest BCUT2D eigenvalue weighted by atomic mass is 9.74. The smallest absolute Gasteiger partial charge is 0.315 e. The second-order valence-corrected chi connectivity index (χ2v) is 8.03. The Bertz CT molecular complexity index is 778. The van der Waals surface area contributed by atoms with Gasteiger partial charge in [0.1, 0.15) is 5.75 Å². The van der Waals surface area contributed by atoms with Crippen molar-refractivity contribution in [1.29, 1.82) is 0 Å². The van der Waals surface area contributed by atoms with Crippen molar-refractivity contribution in [3.05, 3.63) is 41.7 Å². The van der Waals surface area contributed by atoms with Gasteiger partial charge in [0, 0.05) is 11.6 Å². The first kappa shape index (κ1) is 18.3. The van der Waals surface area contributed by atoms with Crippen LogP contribution >= 0.6 is 0 Å². The molecule has 0 spiro atoms. The van der Waals surface area contributed by atoms with Crippen molar-refractivity contribution in [1.82, 2.24) is 20.4 Å². The third-order valence-electron chi connectivity index (χ3n) is 4.72. The first-order chi connectivity index (χ1) is 12.3. The maximum Gasteiger partial charge on any atom is 0.315 e. The number of hydrogen-bond acceptors (Lipinski definition) is 3. The monoisotopic (exact) mass is 356 g/mol. The van der Waals surface area contributed by atoms with E-state index in [9.17, 15) is 4.79 Å². The maximum absolute atomic E-state index is 12.2. The van der Waals surface area contributed by atoms with Crippen LogP contribution in [0.5, 0.6) is 5.75 Å². The Hall–Kier alpha value is -2.50. The van der Waals surface area contributed by atoms with E-state index in [0.717, 1.165) is 35.5 Å². The van der Waals surface area contributed by atoms with Crippen molar-refractivity contribution in [3.8, 4) is 11.4 Å². The number of amides is 2. The summed E-state index contributed by atoms with van der Waals surface area (Å²) < 4.78 is 7.22. The van der Waals surface area contributed by atoms with E-state index in [2.05, 4.69) is 29.6 Å². The van der Waals surface area contributed by atoms with Gasteiger partial charge in [-0.25, -0.2) is 9.48 Å². The highest BCUT2D eigenvalue weighted by molar-refractivity contribution is 5.74. The zero-order valence-corrected chi connectivity index (χ0v) is 16.2. The van der Waals surface area contributed by atoms with Crippen LogP contribution in [-0.4, -0.2) is 29.0 Å². The van der Waals surface area contributed by atoms with E-state index in [1.807, 2.05) is 49.0 Å². The van der Waals surface area contributed by atoms with Crippen molar-refractivity contribution < 1.29 is 9.53 Å². The van der Waals surface area contributed by atoms with Crippen LogP contribution in [0.15, 0.2) is 30.5 Å². The predicted molar refractivity (Wildman–Crippen MR) is 102 cm³/mol. The second kappa shape index (κ2) is 7.02. The molecular weight excluding hydrogens is 328 g/mol. The van der Waals surface area contributed by atoms with Crippen LogP contribution in [0.4, 0.5) is 4.79 Å². The van der Waals surface area contributed by atoms with E-state index in [4.69, 9.17) is 4.74 Å². The van der Waals surface area contributed by atoms with Crippen LogP contribution in [0, 0.1) is 5.41 Å². The molecular formula is C20H28N4O2. The zero-order chi connectivity index (χ0) is 18.9. The molecule has 0 unspecified atom stereocenters. The molecule has 1 aromatic carbocycles. The van der Waals surface area contributed by atoms with E-state index in [-0.39, 0.29) is 23.5 Å². The number of urea groups is 1. The Balaban J connectivity index is 1.92. The molecule has 3 rings (SSSR count). The van der Waals surface area contributed by atoms with Gasteiger partial charge in [0.15, 0.2) is 0 Å². The third kappa shape index (κ3) is 3.84. The summed E-state index contributed by atoms with van der Waals surface area (Å²) in [6.07, 6.45) is 3.69. The highest BCUT2D eigenvalue weighted by Crippen LogP contribution is 2.41. The SMILES string of the molecule is COc1ccc(-n2ncc3c2CC(C)(C)C[C@@H]3NC(=O)NC(C)C)cc1. The Labute approximate surface area is 154 Å². The summed E-state index contributed by atoms with van der Waals surface area (Å²) >= 11 is 0. The lowest BCUT2D eigenvalue weighted by Crippen LogP contribution is -2.44. The lowest BCUT2D eigenvalue weighted by Gasteiger charge is -2.36. The van der Waals surface area contributed by atoms with E-state index < -0.39 is 0 Å². The van der Waals surface area contributed by atoms with Crippen LogP contribution in [0.2, 0.25) is 0 Å². The molecule has 2 aromatic rings. The van der Waals surface area contributed by atoms with E-state index >= 15 is 0 Å². The minimum atomic E-state index is -0.133. The summed E-state index contributed by atoms with van der Waals surface area (Å²) in [6, 6.07) is 7.80. The minimum absolute atomic E-state index is 0.0421. The van der Waals surface area contributed by atoms with Gasteiger partial charge in [-0.15, -0.1) is 0 Å². The van der Waals surface area contributed by atoms with Crippen LogP contribution in [0.1, 0.15) is 51.4 Å². The standard InChI is InChI=1S/C20H28N4O2/c1-13(2)22-19(25)23-17-10-20(3,4)11-18-16(17)12-21-24(18)14-6-8-15(26-5)9-7-14/h6-9,12-13,17H,10-11H2,1-5H3,(H2,22,23,25)/t17-/m0/s1. The molecule has 0 radical (unpaired) electrons. The molecule has 0 saturated carbocycles. The van der Waals surface area contributed by atoms with Gasteiger partial charge in [-0.05, 0) is 56.4 Å². The van der Waals surface area contributed by atoms with E-state index in [1.165, 1.54) is 0 Å². The summed E-state index contributed by atoms with van der Waals surface area (Å²) in [5.74, 6) is 0.819. The van der Waals surface area contributed by atoms with Crippen molar-refractivity contribution in [2.45, 2.75) is 52.6 Å². The molecule has 2 N–H and O–H groups in total. The predicted octanol–water partition coefficient (Wildman–Crippen LogP) is 3.60. The molecule has 140 valence electrons. The van der Waals surface area contributed by atoms with Crippen molar-refractivity contribution in [3.63, 3.8) is 0 Å². The van der Waals surface area contributed by atoms with Gasteiger partial charge in [-0.1, -0.05) is 13.8 Å². The summed E-state index contributed by atoms with van der Waals surface area (Å²) in [7, 11) is 1.66. The molecule has 0 fully saturated rings. The van der Waals surface area contributed by atoms with Crippen LogP contribution < -0.4 is 15.4 Å². The Morgan fingerprint density at radius 3 is 2.62 bits per heavy atom. The number of carbonyl (C=O) groups is 1. The number of nitrogens with one attached hydrogen (secondary N) is 2. The molecule has 2 amide bonds.